The van der Waals surface area contributed by atoms with Crippen molar-refractivity contribution in [3.05, 3.63) is 12.7 Å². The van der Waals surface area contributed by atoms with Gasteiger partial charge >= 0.3 is 5.97 Å². The van der Waals surface area contributed by atoms with Crippen molar-refractivity contribution in [1.82, 2.24) is 4.90 Å². The molecular weight excluding hydrogens is 194 g/mol. The molecule has 1 rings (SSSR count). The lowest BCUT2D eigenvalue weighted by Gasteiger charge is -2.31. The number of hydrogen-bond donors (Lipinski definition) is 1. The fourth-order valence-corrected chi connectivity index (χ4v) is 1.81. The third kappa shape index (κ3) is 4.95. The lowest BCUT2D eigenvalue weighted by atomic mass is 10.1. The number of rotatable bonds is 6. The van der Waals surface area contributed by atoms with Crippen molar-refractivity contribution in [2.45, 2.75) is 25.4 Å². The van der Waals surface area contributed by atoms with Gasteiger partial charge in [-0.3, -0.25) is 4.79 Å². The monoisotopic (exact) mass is 213 g/mol. The number of carboxylic acids is 1. The molecule has 0 spiro atoms. The van der Waals surface area contributed by atoms with Gasteiger partial charge in [0.05, 0.1) is 19.1 Å². The van der Waals surface area contributed by atoms with Crippen LogP contribution in [0.15, 0.2) is 12.7 Å². The average molecular weight is 213 g/mol. The molecule has 0 aromatic carbocycles. The quantitative estimate of drug-likeness (QED) is 0.672. The molecule has 86 valence electrons. The zero-order chi connectivity index (χ0) is 11.1. The minimum atomic E-state index is -0.732. The summed E-state index contributed by atoms with van der Waals surface area (Å²) in [6.45, 7) is 6.65. The number of likely N-dealkylation sites (tertiary alicyclic amines) is 1. The van der Waals surface area contributed by atoms with E-state index in [4.69, 9.17) is 9.84 Å². The predicted molar refractivity (Wildman–Crippen MR) is 57.9 cm³/mol. The first-order chi connectivity index (χ1) is 7.22. The lowest BCUT2D eigenvalue weighted by molar-refractivity contribution is -0.137. The highest BCUT2D eigenvalue weighted by Crippen LogP contribution is 2.13. The van der Waals surface area contributed by atoms with E-state index in [0.29, 0.717) is 13.2 Å². The Kier molecular flexibility index (Phi) is 5.36. The van der Waals surface area contributed by atoms with Gasteiger partial charge in [-0.2, -0.15) is 0 Å². The van der Waals surface area contributed by atoms with Crippen LogP contribution in [0.5, 0.6) is 0 Å². The van der Waals surface area contributed by atoms with E-state index in [2.05, 4.69) is 11.5 Å². The SMILES string of the molecule is C=CCOC1CCCN(CCC(=O)O)C1. The first kappa shape index (κ1) is 12.2. The standard InChI is InChI=1S/C11H19NO3/c1-2-8-15-10-4-3-6-12(9-10)7-5-11(13)14/h2,10H,1,3-9H2,(H,13,14). The second-order valence-corrected chi connectivity index (χ2v) is 3.83. The van der Waals surface area contributed by atoms with E-state index in [1.165, 1.54) is 0 Å². The van der Waals surface area contributed by atoms with Gasteiger partial charge in [0.25, 0.3) is 0 Å². The Balaban J connectivity index is 2.22. The number of aliphatic carboxylic acids is 1. The molecule has 1 N–H and O–H groups in total. The van der Waals surface area contributed by atoms with Crippen LogP contribution in [0, 0.1) is 0 Å². The zero-order valence-electron chi connectivity index (χ0n) is 9.02. The molecule has 1 unspecified atom stereocenters. The Morgan fingerprint density at radius 3 is 3.13 bits per heavy atom. The molecule has 15 heavy (non-hydrogen) atoms. The Hall–Kier alpha value is -0.870. The highest BCUT2D eigenvalue weighted by Gasteiger charge is 2.20. The maximum Gasteiger partial charge on any atom is 0.304 e. The maximum absolute atomic E-state index is 10.4. The van der Waals surface area contributed by atoms with Gasteiger partial charge in [0.2, 0.25) is 0 Å². The lowest BCUT2D eigenvalue weighted by Crippen LogP contribution is -2.40. The van der Waals surface area contributed by atoms with Crippen LogP contribution in [-0.4, -0.2) is 48.3 Å². The van der Waals surface area contributed by atoms with Crippen LogP contribution in [0.1, 0.15) is 19.3 Å². The van der Waals surface area contributed by atoms with E-state index < -0.39 is 5.97 Å². The highest BCUT2D eigenvalue weighted by molar-refractivity contribution is 5.66. The molecule has 0 amide bonds. The first-order valence-electron chi connectivity index (χ1n) is 5.39. The van der Waals surface area contributed by atoms with Crippen LogP contribution in [0.3, 0.4) is 0 Å². The largest absolute Gasteiger partial charge is 0.481 e. The molecule has 0 radical (unpaired) electrons. The summed E-state index contributed by atoms with van der Waals surface area (Å²) in [4.78, 5) is 12.6. The molecule has 0 aromatic rings. The number of carboxylic acid groups (broad SMARTS) is 1. The van der Waals surface area contributed by atoms with E-state index in [9.17, 15) is 4.79 Å². The Labute approximate surface area is 90.5 Å². The van der Waals surface area contributed by atoms with Crippen molar-refractivity contribution in [1.29, 1.82) is 0 Å². The fourth-order valence-electron chi connectivity index (χ4n) is 1.81. The molecule has 0 bridgehead atoms. The zero-order valence-corrected chi connectivity index (χ0v) is 9.02. The van der Waals surface area contributed by atoms with E-state index in [1.807, 2.05) is 0 Å². The van der Waals surface area contributed by atoms with Gasteiger partial charge in [-0.05, 0) is 19.4 Å². The normalized spacial score (nSPS) is 22.5. The molecule has 1 heterocycles. The van der Waals surface area contributed by atoms with Crippen molar-refractivity contribution in [3.63, 3.8) is 0 Å². The summed E-state index contributed by atoms with van der Waals surface area (Å²) in [7, 11) is 0. The molecular formula is C11H19NO3. The summed E-state index contributed by atoms with van der Waals surface area (Å²) in [6.07, 6.45) is 4.36. The van der Waals surface area contributed by atoms with Crippen molar-refractivity contribution < 1.29 is 14.6 Å². The second kappa shape index (κ2) is 6.58. The van der Waals surface area contributed by atoms with Gasteiger partial charge in [-0.15, -0.1) is 6.58 Å². The number of ether oxygens (including phenoxy) is 1. The van der Waals surface area contributed by atoms with Gasteiger partial charge in [0, 0.05) is 13.1 Å². The Bertz CT molecular complexity index is 218. The van der Waals surface area contributed by atoms with Crippen LogP contribution in [0.25, 0.3) is 0 Å². The molecule has 0 aromatic heterocycles. The minimum Gasteiger partial charge on any atom is -0.481 e. The molecule has 1 fully saturated rings. The summed E-state index contributed by atoms with van der Waals surface area (Å²) in [5, 5.41) is 8.58. The molecule has 0 aliphatic carbocycles. The van der Waals surface area contributed by atoms with Crippen molar-refractivity contribution in [3.8, 4) is 0 Å². The fraction of sp³-hybridized carbons (Fsp3) is 0.727. The Morgan fingerprint density at radius 1 is 1.67 bits per heavy atom. The smallest absolute Gasteiger partial charge is 0.304 e. The van der Waals surface area contributed by atoms with Gasteiger partial charge in [-0.1, -0.05) is 6.08 Å². The first-order valence-corrected chi connectivity index (χ1v) is 5.39. The van der Waals surface area contributed by atoms with Gasteiger partial charge in [0.1, 0.15) is 0 Å². The van der Waals surface area contributed by atoms with Crippen molar-refractivity contribution in [2.24, 2.45) is 0 Å². The molecule has 1 aliphatic heterocycles. The summed E-state index contributed by atoms with van der Waals surface area (Å²) >= 11 is 0. The van der Waals surface area contributed by atoms with E-state index in [0.717, 1.165) is 25.9 Å². The topological polar surface area (TPSA) is 49.8 Å². The summed E-state index contributed by atoms with van der Waals surface area (Å²) in [5.74, 6) is -0.732. The molecule has 0 saturated carbocycles. The summed E-state index contributed by atoms with van der Waals surface area (Å²) < 4.78 is 5.56. The Morgan fingerprint density at radius 2 is 2.47 bits per heavy atom. The number of piperidine rings is 1. The van der Waals surface area contributed by atoms with Crippen LogP contribution in [0.4, 0.5) is 0 Å². The van der Waals surface area contributed by atoms with Crippen LogP contribution < -0.4 is 0 Å². The van der Waals surface area contributed by atoms with Gasteiger partial charge in [-0.25, -0.2) is 0 Å². The average Bonchev–Trinajstić information content (AvgIpc) is 2.24. The maximum atomic E-state index is 10.4. The molecule has 1 atom stereocenters. The highest BCUT2D eigenvalue weighted by atomic mass is 16.5. The van der Waals surface area contributed by atoms with Gasteiger partial charge < -0.3 is 14.7 Å². The van der Waals surface area contributed by atoms with Crippen molar-refractivity contribution in [2.75, 3.05) is 26.2 Å². The van der Waals surface area contributed by atoms with Crippen LogP contribution in [0.2, 0.25) is 0 Å². The predicted octanol–water partition coefficient (Wildman–Crippen LogP) is 1.13. The van der Waals surface area contributed by atoms with Gasteiger partial charge in [0.15, 0.2) is 0 Å². The molecule has 4 heteroatoms. The molecule has 4 nitrogen and oxygen atoms in total. The third-order valence-electron chi connectivity index (χ3n) is 2.55. The molecule has 1 aliphatic rings. The van der Waals surface area contributed by atoms with E-state index in [-0.39, 0.29) is 12.5 Å². The summed E-state index contributed by atoms with van der Waals surface area (Å²) in [5.41, 5.74) is 0. The second-order valence-electron chi connectivity index (χ2n) is 3.83. The third-order valence-corrected chi connectivity index (χ3v) is 2.55. The van der Waals surface area contributed by atoms with E-state index in [1.54, 1.807) is 6.08 Å². The summed E-state index contributed by atoms with van der Waals surface area (Å²) in [6, 6.07) is 0. The number of hydrogen-bond acceptors (Lipinski definition) is 3. The van der Waals surface area contributed by atoms with E-state index >= 15 is 0 Å². The molecule has 1 saturated heterocycles. The number of nitrogens with zero attached hydrogens (tertiary/aromatic N) is 1. The van der Waals surface area contributed by atoms with Crippen LogP contribution >= 0.6 is 0 Å². The minimum absolute atomic E-state index is 0.216. The van der Waals surface area contributed by atoms with Crippen molar-refractivity contribution >= 4 is 5.97 Å². The van der Waals surface area contributed by atoms with Crippen LogP contribution in [-0.2, 0) is 9.53 Å². The number of carbonyl (C=O) groups is 1.